The topological polar surface area (TPSA) is 118 Å². The van der Waals surface area contributed by atoms with Gasteiger partial charge in [0.25, 0.3) is 5.56 Å². The largest absolute Gasteiger partial charge is 0.495 e. The van der Waals surface area contributed by atoms with Crippen molar-refractivity contribution in [3.8, 4) is 22.6 Å². The van der Waals surface area contributed by atoms with Gasteiger partial charge in [0.2, 0.25) is 0 Å². The minimum absolute atomic E-state index is 0.397. The molecule has 11 nitrogen and oxygen atoms in total. The first kappa shape index (κ1) is 26.7. The Labute approximate surface area is 238 Å². The fourth-order valence-electron chi connectivity index (χ4n) is 6.08. The van der Waals surface area contributed by atoms with E-state index >= 15 is 0 Å². The Morgan fingerprint density at radius 1 is 0.927 bits per heavy atom. The van der Waals surface area contributed by atoms with Crippen LogP contribution in [0.1, 0.15) is 12.8 Å². The van der Waals surface area contributed by atoms with Crippen LogP contribution in [0.4, 0.5) is 17.1 Å². The number of rotatable bonds is 6. The van der Waals surface area contributed by atoms with Crippen LogP contribution >= 0.6 is 0 Å². The zero-order valence-electron chi connectivity index (χ0n) is 23.5. The molecule has 0 spiro atoms. The van der Waals surface area contributed by atoms with E-state index in [0.717, 1.165) is 80.3 Å². The maximum atomic E-state index is 12.1. The minimum atomic E-state index is -0.436. The number of ether oxygens (including phenoxy) is 1. The van der Waals surface area contributed by atoms with Gasteiger partial charge in [-0.2, -0.15) is 5.10 Å². The molecule has 0 radical (unpaired) electrons. The summed E-state index contributed by atoms with van der Waals surface area (Å²) in [6.07, 6.45) is 7.61. The molecule has 0 unspecified atom stereocenters. The maximum Gasteiger partial charge on any atom is 0.332 e. The van der Waals surface area contributed by atoms with E-state index in [2.05, 4.69) is 30.8 Å². The lowest BCUT2D eigenvalue weighted by Crippen LogP contribution is -2.53. The summed E-state index contributed by atoms with van der Waals surface area (Å²) in [7, 11) is 3.58. The molecule has 2 fully saturated rings. The van der Waals surface area contributed by atoms with Gasteiger partial charge < -0.3 is 20.3 Å². The van der Waals surface area contributed by atoms with Gasteiger partial charge in [-0.05, 0) is 43.2 Å². The molecule has 214 valence electrons. The number of aromatic amines is 1. The van der Waals surface area contributed by atoms with Crippen molar-refractivity contribution < 1.29 is 4.74 Å². The SMILES string of the molecule is COc1cc(N2CCC(N3CCN(c4ccc(-n5ccc(=O)[nH]c5=O)cc4)CC3)CC2)c(-c2cnn(C)c2)cc1N. The van der Waals surface area contributed by atoms with Gasteiger partial charge in [-0.25, -0.2) is 4.79 Å². The van der Waals surface area contributed by atoms with Gasteiger partial charge in [-0.15, -0.1) is 0 Å². The number of hydrogen-bond acceptors (Lipinski definition) is 8. The van der Waals surface area contributed by atoms with Crippen molar-refractivity contribution >= 4 is 17.1 Å². The van der Waals surface area contributed by atoms with E-state index in [1.54, 1.807) is 7.11 Å². The number of methoxy groups -OCH3 is 1. The number of benzene rings is 2. The predicted molar refractivity (Wildman–Crippen MR) is 161 cm³/mol. The van der Waals surface area contributed by atoms with Crippen LogP contribution in [0.5, 0.6) is 5.75 Å². The number of nitrogen functional groups attached to an aromatic ring is 1. The molecular formula is C30H36N8O3. The molecule has 4 aromatic rings. The summed E-state index contributed by atoms with van der Waals surface area (Å²) in [5, 5.41) is 4.37. The average Bonchev–Trinajstić information content (AvgIpc) is 3.43. The Morgan fingerprint density at radius 3 is 2.27 bits per heavy atom. The zero-order chi connectivity index (χ0) is 28.5. The minimum Gasteiger partial charge on any atom is -0.495 e. The second-order valence-electron chi connectivity index (χ2n) is 10.8. The number of nitrogens with two attached hydrogens (primary N) is 1. The van der Waals surface area contributed by atoms with E-state index in [1.165, 1.54) is 16.8 Å². The van der Waals surface area contributed by atoms with E-state index < -0.39 is 11.2 Å². The second-order valence-corrected chi connectivity index (χ2v) is 10.8. The molecule has 0 amide bonds. The summed E-state index contributed by atoms with van der Waals surface area (Å²) in [4.78, 5) is 33.3. The molecule has 0 atom stereocenters. The molecule has 0 saturated carbocycles. The smallest absolute Gasteiger partial charge is 0.332 e. The second kappa shape index (κ2) is 11.2. The average molecular weight is 557 g/mol. The van der Waals surface area contributed by atoms with Crippen LogP contribution in [-0.4, -0.2) is 76.7 Å². The number of nitrogens with one attached hydrogen (secondary N) is 1. The van der Waals surface area contributed by atoms with E-state index in [1.807, 2.05) is 54.5 Å². The molecule has 6 rings (SSSR count). The highest BCUT2D eigenvalue weighted by Crippen LogP contribution is 2.39. The summed E-state index contributed by atoms with van der Waals surface area (Å²) in [6.45, 7) is 5.88. The molecule has 0 bridgehead atoms. The molecule has 2 aromatic heterocycles. The number of nitrogens with zero attached hydrogens (tertiary/aromatic N) is 6. The first-order chi connectivity index (χ1) is 19.9. The van der Waals surface area contributed by atoms with Crippen molar-refractivity contribution in [1.29, 1.82) is 0 Å². The lowest BCUT2D eigenvalue weighted by atomic mass is 9.98. The van der Waals surface area contributed by atoms with Gasteiger partial charge in [-0.3, -0.25) is 23.9 Å². The highest BCUT2D eigenvalue weighted by molar-refractivity contribution is 5.83. The lowest BCUT2D eigenvalue weighted by molar-refractivity contribution is 0.160. The van der Waals surface area contributed by atoms with Crippen LogP contribution in [0.15, 0.2) is 70.6 Å². The molecule has 2 aliphatic rings. The van der Waals surface area contributed by atoms with Crippen LogP contribution in [0.25, 0.3) is 16.8 Å². The standard InChI is InChI=1S/C30H36N8O3/c1-34-20-21(19-32-34)25-17-26(31)28(41-2)18-27(25)37-10-7-23(8-11-37)36-15-13-35(14-16-36)22-3-5-24(6-4-22)38-12-9-29(39)33-30(38)40/h3-6,9,12,17-20,23H,7-8,10-11,13-16,31H2,1-2H3,(H,33,39,40). The highest BCUT2D eigenvalue weighted by Gasteiger charge is 2.29. The third-order valence-corrected chi connectivity index (χ3v) is 8.32. The quantitative estimate of drug-likeness (QED) is 0.348. The Hall–Kier alpha value is -4.51. The molecule has 2 saturated heterocycles. The number of H-pyrrole nitrogens is 1. The van der Waals surface area contributed by atoms with Crippen LogP contribution in [0.2, 0.25) is 0 Å². The van der Waals surface area contributed by atoms with Gasteiger partial charge in [0, 0.05) is 99.4 Å². The van der Waals surface area contributed by atoms with Gasteiger partial charge in [0.1, 0.15) is 5.75 Å². The first-order valence-electron chi connectivity index (χ1n) is 14.0. The van der Waals surface area contributed by atoms with E-state index in [-0.39, 0.29) is 0 Å². The van der Waals surface area contributed by atoms with Crippen molar-refractivity contribution in [3.05, 3.63) is 81.9 Å². The van der Waals surface area contributed by atoms with Crippen LogP contribution in [-0.2, 0) is 7.05 Å². The molecule has 2 aromatic carbocycles. The van der Waals surface area contributed by atoms with Crippen LogP contribution in [0.3, 0.4) is 0 Å². The summed E-state index contributed by atoms with van der Waals surface area (Å²) in [5.41, 5.74) is 11.2. The van der Waals surface area contributed by atoms with Crippen LogP contribution < -0.4 is 31.5 Å². The van der Waals surface area contributed by atoms with Gasteiger partial charge in [-0.1, -0.05) is 0 Å². The summed E-state index contributed by atoms with van der Waals surface area (Å²) in [6, 6.07) is 13.9. The molecule has 11 heteroatoms. The van der Waals surface area contributed by atoms with Crippen LogP contribution in [0, 0.1) is 0 Å². The predicted octanol–water partition coefficient (Wildman–Crippen LogP) is 2.31. The third kappa shape index (κ3) is 5.45. The van der Waals surface area contributed by atoms with Gasteiger partial charge in [0.05, 0.1) is 24.7 Å². The lowest BCUT2D eigenvalue weighted by Gasteiger charge is -2.44. The van der Waals surface area contributed by atoms with Crippen molar-refractivity contribution in [1.82, 2.24) is 24.2 Å². The monoisotopic (exact) mass is 556 g/mol. The fraction of sp³-hybridized carbons (Fsp3) is 0.367. The zero-order valence-corrected chi connectivity index (χ0v) is 23.5. The number of aryl methyl sites for hydroxylation is 1. The number of piperidine rings is 1. The molecule has 2 aliphatic heterocycles. The van der Waals surface area contributed by atoms with E-state index in [4.69, 9.17) is 10.5 Å². The fourth-order valence-corrected chi connectivity index (χ4v) is 6.08. The molecule has 41 heavy (non-hydrogen) atoms. The first-order valence-corrected chi connectivity index (χ1v) is 14.0. The summed E-state index contributed by atoms with van der Waals surface area (Å²) in [5.74, 6) is 0.699. The normalized spacial score (nSPS) is 16.7. The third-order valence-electron chi connectivity index (χ3n) is 8.32. The number of piperazine rings is 1. The Kier molecular flexibility index (Phi) is 7.27. The Balaban J connectivity index is 1.08. The van der Waals surface area contributed by atoms with Crippen molar-refractivity contribution in [2.24, 2.45) is 7.05 Å². The number of anilines is 3. The Morgan fingerprint density at radius 2 is 1.63 bits per heavy atom. The van der Waals surface area contributed by atoms with Crippen molar-refractivity contribution in [2.75, 3.05) is 61.9 Å². The van der Waals surface area contributed by atoms with E-state index in [9.17, 15) is 9.59 Å². The highest BCUT2D eigenvalue weighted by atomic mass is 16.5. The van der Waals surface area contributed by atoms with Gasteiger partial charge in [0.15, 0.2) is 0 Å². The maximum absolute atomic E-state index is 12.1. The van der Waals surface area contributed by atoms with Gasteiger partial charge >= 0.3 is 5.69 Å². The molecular weight excluding hydrogens is 520 g/mol. The van der Waals surface area contributed by atoms with Crippen molar-refractivity contribution in [2.45, 2.75) is 18.9 Å². The van der Waals surface area contributed by atoms with Crippen molar-refractivity contribution in [3.63, 3.8) is 0 Å². The molecule has 4 heterocycles. The molecule has 0 aliphatic carbocycles. The number of aromatic nitrogens is 4. The van der Waals surface area contributed by atoms with E-state index in [0.29, 0.717) is 17.5 Å². The summed E-state index contributed by atoms with van der Waals surface area (Å²) < 4.78 is 8.81. The molecule has 3 N–H and O–H groups in total. The summed E-state index contributed by atoms with van der Waals surface area (Å²) >= 11 is 0. The Bertz CT molecular complexity index is 1620. The number of hydrogen-bond donors (Lipinski definition) is 2.